The first-order chi connectivity index (χ1) is 9.50. The second-order valence-corrected chi connectivity index (χ2v) is 6.79. The van der Waals surface area contributed by atoms with Gasteiger partial charge in [0.25, 0.3) is 0 Å². The molecule has 1 heterocycles. The summed E-state index contributed by atoms with van der Waals surface area (Å²) in [4.78, 5) is 2.67. The number of likely N-dealkylation sites (tertiary alicyclic amines) is 1. The zero-order chi connectivity index (χ0) is 15.0. The molecule has 1 aliphatic heterocycles. The SMILES string of the molecule is CCC1CCCCN1CCCCC(C)(C#N)NC(C)C. The summed E-state index contributed by atoms with van der Waals surface area (Å²) >= 11 is 0. The molecule has 2 atom stereocenters. The fourth-order valence-electron chi connectivity index (χ4n) is 3.41. The second kappa shape index (κ2) is 8.64. The monoisotopic (exact) mass is 279 g/mol. The molecule has 2 unspecified atom stereocenters. The van der Waals surface area contributed by atoms with Crippen LogP contribution in [0.5, 0.6) is 0 Å². The minimum absolute atomic E-state index is 0.361. The normalized spacial score (nSPS) is 23.5. The van der Waals surface area contributed by atoms with Gasteiger partial charge in [0, 0.05) is 12.1 Å². The van der Waals surface area contributed by atoms with Crippen LogP contribution < -0.4 is 5.32 Å². The highest BCUT2D eigenvalue weighted by Crippen LogP contribution is 2.21. The van der Waals surface area contributed by atoms with Crippen LogP contribution in [0.3, 0.4) is 0 Å². The topological polar surface area (TPSA) is 39.1 Å². The number of nitrogens with zero attached hydrogens (tertiary/aromatic N) is 2. The lowest BCUT2D eigenvalue weighted by Crippen LogP contribution is -2.45. The predicted octanol–water partition coefficient (Wildman–Crippen LogP) is 3.70. The van der Waals surface area contributed by atoms with Crippen molar-refractivity contribution in [2.75, 3.05) is 13.1 Å². The molecule has 3 nitrogen and oxygen atoms in total. The van der Waals surface area contributed by atoms with Crippen LogP contribution in [-0.2, 0) is 0 Å². The quantitative estimate of drug-likeness (QED) is 0.689. The van der Waals surface area contributed by atoms with Crippen molar-refractivity contribution in [1.29, 1.82) is 5.26 Å². The molecule has 20 heavy (non-hydrogen) atoms. The summed E-state index contributed by atoms with van der Waals surface area (Å²) in [6, 6.07) is 3.62. The second-order valence-electron chi connectivity index (χ2n) is 6.79. The van der Waals surface area contributed by atoms with Crippen molar-refractivity contribution in [2.24, 2.45) is 0 Å². The maximum absolute atomic E-state index is 9.34. The van der Waals surface area contributed by atoms with E-state index < -0.39 is 0 Å². The summed E-state index contributed by atoms with van der Waals surface area (Å²) in [7, 11) is 0. The Morgan fingerprint density at radius 3 is 2.70 bits per heavy atom. The first-order valence-electron chi connectivity index (χ1n) is 8.43. The van der Waals surface area contributed by atoms with E-state index in [4.69, 9.17) is 0 Å². The van der Waals surface area contributed by atoms with Gasteiger partial charge in [-0.25, -0.2) is 0 Å². The van der Waals surface area contributed by atoms with Gasteiger partial charge in [-0.1, -0.05) is 13.3 Å². The molecule has 1 aliphatic rings. The fourth-order valence-corrected chi connectivity index (χ4v) is 3.41. The highest BCUT2D eigenvalue weighted by atomic mass is 15.2. The third-order valence-electron chi connectivity index (χ3n) is 4.45. The van der Waals surface area contributed by atoms with E-state index in [2.05, 4.69) is 37.1 Å². The van der Waals surface area contributed by atoms with Crippen LogP contribution in [0.1, 0.15) is 72.6 Å². The Labute approximate surface area is 125 Å². The number of piperidine rings is 1. The van der Waals surface area contributed by atoms with Gasteiger partial charge >= 0.3 is 0 Å². The van der Waals surface area contributed by atoms with Crippen molar-refractivity contribution in [2.45, 2.75) is 90.3 Å². The van der Waals surface area contributed by atoms with E-state index in [0.717, 1.165) is 18.9 Å². The maximum atomic E-state index is 9.34. The number of nitrogens with one attached hydrogen (secondary N) is 1. The molecule has 0 radical (unpaired) electrons. The zero-order valence-electron chi connectivity index (χ0n) is 13.9. The van der Waals surface area contributed by atoms with Crippen molar-refractivity contribution in [3.63, 3.8) is 0 Å². The van der Waals surface area contributed by atoms with Crippen molar-refractivity contribution in [3.8, 4) is 6.07 Å². The van der Waals surface area contributed by atoms with Gasteiger partial charge in [-0.15, -0.1) is 0 Å². The first-order valence-corrected chi connectivity index (χ1v) is 8.43. The Bertz CT molecular complexity index is 308. The third kappa shape index (κ3) is 5.81. The molecule has 0 amide bonds. The molecule has 3 heteroatoms. The van der Waals surface area contributed by atoms with Crippen molar-refractivity contribution >= 4 is 0 Å². The number of hydrogen-bond acceptors (Lipinski definition) is 3. The van der Waals surface area contributed by atoms with Crippen LogP contribution in [0, 0.1) is 11.3 Å². The molecule has 0 spiro atoms. The highest BCUT2D eigenvalue weighted by molar-refractivity contribution is 5.04. The third-order valence-corrected chi connectivity index (χ3v) is 4.45. The summed E-state index contributed by atoms with van der Waals surface area (Å²) < 4.78 is 0. The van der Waals surface area contributed by atoms with Gasteiger partial charge < -0.3 is 4.90 Å². The molecule has 116 valence electrons. The minimum atomic E-state index is -0.361. The van der Waals surface area contributed by atoms with E-state index in [1.807, 2.05) is 6.92 Å². The molecule has 1 rings (SSSR count). The standard InChI is InChI=1S/C17H33N3/c1-5-16-10-6-8-12-20(16)13-9-7-11-17(4,14-18)19-15(2)3/h15-16,19H,5-13H2,1-4H3. The van der Waals surface area contributed by atoms with E-state index in [1.165, 1.54) is 45.2 Å². The Hall–Kier alpha value is -0.590. The van der Waals surface area contributed by atoms with Crippen molar-refractivity contribution < 1.29 is 0 Å². The minimum Gasteiger partial charge on any atom is -0.300 e. The van der Waals surface area contributed by atoms with Crippen molar-refractivity contribution in [1.82, 2.24) is 10.2 Å². The maximum Gasteiger partial charge on any atom is 0.104 e. The molecule has 1 N–H and O–H groups in total. The average Bonchev–Trinajstić information content (AvgIpc) is 2.43. The molecule has 0 aromatic heterocycles. The van der Waals surface area contributed by atoms with E-state index in [9.17, 15) is 5.26 Å². The summed E-state index contributed by atoms with van der Waals surface area (Å²) in [6.07, 6.45) is 8.73. The van der Waals surface area contributed by atoms with E-state index in [-0.39, 0.29) is 5.54 Å². The summed E-state index contributed by atoms with van der Waals surface area (Å²) in [5, 5.41) is 12.7. The lowest BCUT2D eigenvalue weighted by atomic mass is 9.94. The Morgan fingerprint density at radius 1 is 1.35 bits per heavy atom. The number of hydrogen-bond donors (Lipinski definition) is 1. The molecule has 1 fully saturated rings. The largest absolute Gasteiger partial charge is 0.300 e. The lowest BCUT2D eigenvalue weighted by molar-refractivity contribution is 0.140. The molecular formula is C17H33N3. The fraction of sp³-hybridized carbons (Fsp3) is 0.941. The number of rotatable bonds is 8. The molecule has 0 bridgehead atoms. The van der Waals surface area contributed by atoms with Crippen LogP contribution >= 0.6 is 0 Å². The molecule has 0 aromatic rings. The van der Waals surface area contributed by atoms with Gasteiger partial charge in [-0.05, 0) is 72.4 Å². The molecular weight excluding hydrogens is 246 g/mol. The summed E-state index contributed by atoms with van der Waals surface area (Å²) in [5.41, 5.74) is -0.361. The van der Waals surface area contributed by atoms with Crippen LogP contribution in [0.15, 0.2) is 0 Å². The summed E-state index contributed by atoms with van der Waals surface area (Å²) in [6.45, 7) is 11.0. The predicted molar refractivity (Wildman–Crippen MR) is 85.6 cm³/mol. The van der Waals surface area contributed by atoms with Gasteiger partial charge in [-0.2, -0.15) is 5.26 Å². The van der Waals surface area contributed by atoms with Crippen LogP contribution in [0.4, 0.5) is 0 Å². The highest BCUT2D eigenvalue weighted by Gasteiger charge is 2.24. The van der Waals surface area contributed by atoms with E-state index >= 15 is 0 Å². The first kappa shape index (κ1) is 17.5. The van der Waals surface area contributed by atoms with Gasteiger partial charge in [0.2, 0.25) is 0 Å². The Morgan fingerprint density at radius 2 is 2.10 bits per heavy atom. The van der Waals surface area contributed by atoms with Crippen LogP contribution in [0.25, 0.3) is 0 Å². The van der Waals surface area contributed by atoms with Gasteiger partial charge in [0.05, 0.1) is 6.07 Å². The van der Waals surface area contributed by atoms with Crippen molar-refractivity contribution in [3.05, 3.63) is 0 Å². The molecule has 1 saturated heterocycles. The number of nitriles is 1. The van der Waals surface area contributed by atoms with E-state index in [0.29, 0.717) is 6.04 Å². The molecule has 0 aromatic carbocycles. The lowest BCUT2D eigenvalue weighted by Gasteiger charge is -2.35. The van der Waals surface area contributed by atoms with Crippen LogP contribution in [-0.4, -0.2) is 35.6 Å². The smallest absolute Gasteiger partial charge is 0.104 e. The number of unbranched alkanes of at least 4 members (excludes halogenated alkanes) is 1. The van der Waals surface area contributed by atoms with Gasteiger partial charge in [0.15, 0.2) is 0 Å². The Kier molecular flexibility index (Phi) is 7.55. The van der Waals surface area contributed by atoms with E-state index in [1.54, 1.807) is 0 Å². The Balaban J connectivity index is 2.28. The van der Waals surface area contributed by atoms with Crippen LogP contribution in [0.2, 0.25) is 0 Å². The molecule has 0 aliphatic carbocycles. The summed E-state index contributed by atoms with van der Waals surface area (Å²) in [5.74, 6) is 0. The molecule has 0 saturated carbocycles. The van der Waals surface area contributed by atoms with Gasteiger partial charge in [-0.3, -0.25) is 5.32 Å². The average molecular weight is 279 g/mol. The zero-order valence-corrected chi connectivity index (χ0v) is 13.9. The van der Waals surface area contributed by atoms with Gasteiger partial charge in [0.1, 0.15) is 5.54 Å².